The minimum Gasteiger partial charge on any atom is -0.302 e. The molecule has 0 atom stereocenters. The second kappa shape index (κ2) is 4.94. The number of nitrogens with one attached hydrogen (secondary N) is 1. The van der Waals surface area contributed by atoms with Crippen LogP contribution < -0.4 is 11.3 Å². The summed E-state index contributed by atoms with van der Waals surface area (Å²) in [7, 11) is 0. The molecule has 2 fully saturated rings. The lowest BCUT2D eigenvalue weighted by molar-refractivity contribution is -0.130. The van der Waals surface area contributed by atoms with Crippen LogP contribution in [0.2, 0.25) is 0 Å². The maximum absolute atomic E-state index is 11.7. The average Bonchev–Trinajstić information content (AvgIpc) is 3.11. The Morgan fingerprint density at radius 2 is 1.71 bits per heavy atom. The summed E-state index contributed by atoms with van der Waals surface area (Å²) in [6.07, 6.45) is 5.46. The molecule has 0 aromatic rings. The number of nitrogens with two attached hydrogens (primary N) is 1. The summed E-state index contributed by atoms with van der Waals surface area (Å²) < 4.78 is 0. The van der Waals surface area contributed by atoms with E-state index in [1.54, 1.807) is 0 Å². The molecular formula is C13H25N3O. The van der Waals surface area contributed by atoms with Crippen LogP contribution in [-0.2, 0) is 4.79 Å². The third-order valence-electron chi connectivity index (χ3n) is 3.79. The molecule has 0 aliphatic heterocycles. The van der Waals surface area contributed by atoms with Gasteiger partial charge in [-0.3, -0.25) is 10.2 Å². The van der Waals surface area contributed by atoms with Crippen LogP contribution in [0.4, 0.5) is 0 Å². The van der Waals surface area contributed by atoms with E-state index in [9.17, 15) is 4.79 Å². The van der Waals surface area contributed by atoms with Crippen molar-refractivity contribution in [1.29, 1.82) is 0 Å². The van der Waals surface area contributed by atoms with Gasteiger partial charge in [-0.1, -0.05) is 0 Å². The van der Waals surface area contributed by atoms with Crippen LogP contribution in [0, 0.1) is 17.3 Å². The van der Waals surface area contributed by atoms with Crippen molar-refractivity contribution < 1.29 is 4.79 Å². The van der Waals surface area contributed by atoms with Crippen molar-refractivity contribution in [2.75, 3.05) is 19.6 Å². The number of amides is 1. The fraction of sp³-hybridized carbons (Fsp3) is 0.923. The van der Waals surface area contributed by atoms with Crippen LogP contribution in [0.15, 0.2) is 0 Å². The van der Waals surface area contributed by atoms with Gasteiger partial charge >= 0.3 is 0 Å². The van der Waals surface area contributed by atoms with E-state index < -0.39 is 5.41 Å². The molecule has 2 saturated carbocycles. The molecule has 2 aliphatic carbocycles. The summed E-state index contributed by atoms with van der Waals surface area (Å²) in [6, 6.07) is 0. The van der Waals surface area contributed by atoms with E-state index in [4.69, 9.17) is 5.84 Å². The van der Waals surface area contributed by atoms with Gasteiger partial charge in [0.25, 0.3) is 0 Å². The van der Waals surface area contributed by atoms with E-state index in [-0.39, 0.29) is 5.91 Å². The topological polar surface area (TPSA) is 58.4 Å². The highest BCUT2D eigenvalue weighted by Gasteiger charge is 2.34. The molecule has 1 amide bonds. The van der Waals surface area contributed by atoms with E-state index in [0.29, 0.717) is 0 Å². The first-order valence-electron chi connectivity index (χ1n) is 6.74. The Hall–Kier alpha value is -0.610. The molecule has 4 nitrogen and oxygen atoms in total. The molecule has 98 valence electrons. The zero-order valence-electron chi connectivity index (χ0n) is 11.0. The quantitative estimate of drug-likeness (QED) is 0.398. The van der Waals surface area contributed by atoms with Crippen molar-refractivity contribution in [2.24, 2.45) is 23.1 Å². The van der Waals surface area contributed by atoms with E-state index in [1.807, 2.05) is 13.8 Å². The molecule has 0 aromatic heterocycles. The predicted molar refractivity (Wildman–Crippen MR) is 68.0 cm³/mol. The molecule has 4 heteroatoms. The molecule has 0 unspecified atom stereocenters. The first-order valence-corrected chi connectivity index (χ1v) is 6.74. The second-order valence-corrected chi connectivity index (χ2v) is 6.44. The zero-order valence-corrected chi connectivity index (χ0v) is 11.0. The molecule has 0 saturated heterocycles. The third kappa shape index (κ3) is 3.96. The lowest BCUT2D eigenvalue weighted by Gasteiger charge is -2.31. The van der Waals surface area contributed by atoms with Gasteiger partial charge in [-0.15, -0.1) is 0 Å². The van der Waals surface area contributed by atoms with E-state index in [2.05, 4.69) is 10.3 Å². The number of nitrogens with zero attached hydrogens (tertiary/aromatic N) is 1. The zero-order chi connectivity index (χ0) is 12.5. The van der Waals surface area contributed by atoms with Crippen molar-refractivity contribution in [3.63, 3.8) is 0 Å². The Morgan fingerprint density at radius 3 is 2.06 bits per heavy atom. The molecule has 0 heterocycles. The normalized spacial score (nSPS) is 20.7. The van der Waals surface area contributed by atoms with Gasteiger partial charge in [0, 0.05) is 19.6 Å². The van der Waals surface area contributed by atoms with Crippen molar-refractivity contribution in [3.05, 3.63) is 0 Å². The smallest absolute Gasteiger partial charge is 0.240 e. The average molecular weight is 239 g/mol. The molecule has 0 bridgehead atoms. The second-order valence-electron chi connectivity index (χ2n) is 6.44. The third-order valence-corrected chi connectivity index (χ3v) is 3.79. The molecule has 0 radical (unpaired) electrons. The van der Waals surface area contributed by atoms with Crippen molar-refractivity contribution in [1.82, 2.24) is 10.3 Å². The molecule has 3 N–H and O–H groups in total. The molecule has 0 spiro atoms. The summed E-state index contributed by atoms with van der Waals surface area (Å²) >= 11 is 0. The molecule has 2 rings (SSSR count). The highest BCUT2D eigenvalue weighted by molar-refractivity contribution is 5.81. The molecule has 17 heavy (non-hydrogen) atoms. The summed E-state index contributed by atoms with van der Waals surface area (Å²) in [5.74, 6) is 6.94. The van der Waals surface area contributed by atoms with Crippen LogP contribution in [0.3, 0.4) is 0 Å². The van der Waals surface area contributed by atoms with Gasteiger partial charge in [-0.05, 0) is 51.4 Å². The lowest BCUT2D eigenvalue weighted by atomic mass is 9.91. The molecule has 0 aromatic carbocycles. The first kappa shape index (κ1) is 12.8. The largest absolute Gasteiger partial charge is 0.302 e. The summed E-state index contributed by atoms with van der Waals surface area (Å²) in [5, 5.41) is 0. The van der Waals surface area contributed by atoms with Crippen molar-refractivity contribution in [3.8, 4) is 0 Å². The Kier molecular flexibility index (Phi) is 3.73. The summed E-state index contributed by atoms with van der Waals surface area (Å²) in [4.78, 5) is 14.2. The van der Waals surface area contributed by atoms with Gasteiger partial charge in [-0.2, -0.15) is 0 Å². The molecule has 2 aliphatic rings. The standard InChI is InChI=1S/C13H25N3O/c1-13(2,12(17)15-14)9-16(7-10-3-4-10)8-11-5-6-11/h10-11H,3-9,14H2,1-2H3,(H,15,17). The first-order chi connectivity index (χ1) is 8.01. The Labute approximate surface area is 104 Å². The highest BCUT2D eigenvalue weighted by Crippen LogP contribution is 2.34. The maximum atomic E-state index is 11.7. The SMILES string of the molecule is CC(C)(CN(CC1CC1)CC1CC1)C(=O)NN. The molecular weight excluding hydrogens is 214 g/mol. The van der Waals surface area contributed by atoms with Gasteiger partial charge in [0.05, 0.1) is 5.41 Å². The fourth-order valence-corrected chi connectivity index (χ4v) is 2.36. The lowest BCUT2D eigenvalue weighted by Crippen LogP contribution is -2.48. The number of hydrogen-bond donors (Lipinski definition) is 2. The number of hydrazine groups is 1. The van der Waals surface area contributed by atoms with E-state index in [0.717, 1.165) is 31.5 Å². The number of carbonyl (C=O) groups is 1. The highest BCUT2D eigenvalue weighted by atomic mass is 16.2. The van der Waals surface area contributed by atoms with E-state index in [1.165, 1.54) is 25.7 Å². The van der Waals surface area contributed by atoms with Gasteiger partial charge in [0.2, 0.25) is 5.91 Å². The Balaban J connectivity index is 1.87. The number of rotatable bonds is 7. The minimum absolute atomic E-state index is 0.0610. The van der Waals surface area contributed by atoms with Crippen LogP contribution >= 0.6 is 0 Å². The predicted octanol–water partition coefficient (Wildman–Crippen LogP) is 1.12. The Bertz CT molecular complexity index is 268. The van der Waals surface area contributed by atoms with Crippen molar-refractivity contribution in [2.45, 2.75) is 39.5 Å². The Morgan fingerprint density at radius 1 is 1.24 bits per heavy atom. The van der Waals surface area contributed by atoms with Crippen LogP contribution in [0.25, 0.3) is 0 Å². The van der Waals surface area contributed by atoms with Gasteiger partial charge in [0.15, 0.2) is 0 Å². The fourth-order valence-electron chi connectivity index (χ4n) is 2.36. The maximum Gasteiger partial charge on any atom is 0.240 e. The van der Waals surface area contributed by atoms with Gasteiger partial charge in [0.1, 0.15) is 0 Å². The number of carbonyl (C=O) groups excluding carboxylic acids is 1. The van der Waals surface area contributed by atoms with Gasteiger partial charge < -0.3 is 4.90 Å². The van der Waals surface area contributed by atoms with E-state index >= 15 is 0 Å². The number of hydrogen-bond acceptors (Lipinski definition) is 3. The summed E-state index contributed by atoms with van der Waals surface area (Å²) in [5.41, 5.74) is 1.89. The minimum atomic E-state index is -0.390. The van der Waals surface area contributed by atoms with Crippen molar-refractivity contribution >= 4 is 5.91 Å². The summed E-state index contributed by atoms with van der Waals surface area (Å²) in [6.45, 7) is 7.10. The monoisotopic (exact) mass is 239 g/mol. The van der Waals surface area contributed by atoms with Crippen LogP contribution in [0.1, 0.15) is 39.5 Å². The van der Waals surface area contributed by atoms with Gasteiger partial charge in [-0.25, -0.2) is 5.84 Å². The van der Waals surface area contributed by atoms with Crippen LogP contribution in [-0.4, -0.2) is 30.4 Å². The van der Waals surface area contributed by atoms with Crippen LogP contribution in [0.5, 0.6) is 0 Å².